The summed E-state index contributed by atoms with van der Waals surface area (Å²) in [5.74, 6) is -1.78. The van der Waals surface area contributed by atoms with Gasteiger partial charge in [0.1, 0.15) is 0 Å². The van der Waals surface area contributed by atoms with E-state index in [1.807, 2.05) is 0 Å². The number of hydrogen-bond donors (Lipinski definition) is 0. The van der Waals surface area contributed by atoms with Crippen LogP contribution in [0.2, 0.25) is 0 Å². The normalized spacial score (nSPS) is 10.6. The molecule has 0 saturated carbocycles. The third-order valence-electron chi connectivity index (χ3n) is 1.04. The molecule has 0 atom stereocenters. The monoisotopic (exact) mass is 181 g/mol. The van der Waals surface area contributed by atoms with Gasteiger partial charge in [-0.2, -0.15) is 13.2 Å². The van der Waals surface area contributed by atoms with Crippen LogP contribution in [0, 0.1) is 0 Å². The lowest BCUT2D eigenvalue weighted by atomic mass is 10.2. The first-order valence-electron chi connectivity index (χ1n) is 3.09. The molecule has 0 aromatic heterocycles. The fraction of sp³-hybridized carbons (Fsp3) is 0.800. The van der Waals surface area contributed by atoms with E-state index in [-0.39, 0.29) is 13.0 Å². The van der Waals surface area contributed by atoms with Crippen molar-refractivity contribution >= 4 is 5.78 Å². The van der Waals surface area contributed by atoms with E-state index in [1.165, 1.54) is 0 Å². The van der Waals surface area contributed by atoms with Crippen LogP contribution in [0.25, 0.3) is 10.4 Å². The summed E-state index contributed by atoms with van der Waals surface area (Å²) in [6, 6.07) is 0. The summed E-state index contributed by atoms with van der Waals surface area (Å²) < 4.78 is 34.5. The van der Waals surface area contributed by atoms with Crippen molar-refractivity contribution in [2.75, 3.05) is 6.54 Å². The van der Waals surface area contributed by atoms with Gasteiger partial charge < -0.3 is 0 Å². The third-order valence-corrected chi connectivity index (χ3v) is 1.04. The molecule has 4 nitrogen and oxygen atoms in total. The van der Waals surface area contributed by atoms with E-state index in [0.717, 1.165) is 0 Å². The van der Waals surface area contributed by atoms with Gasteiger partial charge >= 0.3 is 6.18 Å². The smallest absolute Gasteiger partial charge is 0.290 e. The molecule has 0 spiro atoms. The molecule has 7 heteroatoms. The van der Waals surface area contributed by atoms with Gasteiger partial charge in [0.25, 0.3) is 0 Å². The summed E-state index contributed by atoms with van der Waals surface area (Å²) in [7, 11) is 0. The lowest BCUT2D eigenvalue weighted by Gasteiger charge is -2.02. The van der Waals surface area contributed by atoms with E-state index in [1.54, 1.807) is 0 Å². The zero-order valence-corrected chi connectivity index (χ0v) is 6.01. The Morgan fingerprint density at radius 2 is 2.08 bits per heavy atom. The Balaban J connectivity index is 3.65. The minimum atomic E-state index is -4.77. The van der Waals surface area contributed by atoms with Gasteiger partial charge in [0.2, 0.25) is 5.78 Å². The van der Waals surface area contributed by atoms with Crippen molar-refractivity contribution in [3.63, 3.8) is 0 Å². The van der Waals surface area contributed by atoms with Crippen LogP contribution < -0.4 is 0 Å². The van der Waals surface area contributed by atoms with E-state index >= 15 is 0 Å². The molecular weight excluding hydrogens is 175 g/mol. The highest BCUT2D eigenvalue weighted by Gasteiger charge is 2.36. The van der Waals surface area contributed by atoms with E-state index in [4.69, 9.17) is 5.53 Å². The van der Waals surface area contributed by atoms with Crippen LogP contribution in [0.15, 0.2) is 5.11 Å². The highest BCUT2D eigenvalue weighted by atomic mass is 19.4. The average molecular weight is 181 g/mol. The molecule has 0 aromatic carbocycles. The van der Waals surface area contributed by atoms with Crippen molar-refractivity contribution in [1.82, 2.24) is 0 Å². The SMILES string of the molecule is [N-]=[N+]=NCCCC(=O)C(F)(F)F. The van der Waals surface area contributed by atoms with Gasteiger partial charge in [-0.25, -0.2) is 0 Å². The minimum absolute atomic E-state index is 0.0671. The summed E-state index contributed by atoms with van der Waals surface area (Å²) in [6.07, 6.45) is -5.46. The van der Waals surface area contributed by atoms with Crippen molar-refractivity contribution < 1.29 is 18.0 Å². The maximum atomic E-state index is 11.5. The molecule has 0 rings (SSSR count). The van der Waals surface area contributed by atoms with Crippen LogP contribution in [0.5, 0.6) is 0 Å². The fourth-order valence-electron chi connectivity index (χ4n) is 0.497. The predicted molar refractivity (Wildman–Crippen MR) is 34.3 cm³/mol. The molecule has 0 bridgehead atoms. The van der Waals surface area contributed by atoms with E-state index < -0.39 is 18.4 Å². The van der Waals surface area contributed by atoms with Crippen LogP contribution in [0.4, 0.5) is 13.2 Å². The molecule has 12 heavy (non-hydrogen) atoms. The lowest BCUT2D eigenvalue weighted by Crippen LogP contribution is -2.22. The molecule has 0 aliphatic heterocycles. The molecular formula is C5H6F3N3O. The summed E-state index contributed by atoms with van der Waals surface area (Å²) in [4.78, 5) is 12.5. The van der Waals surface area contributed by atoms with Crippen molar-refractivity contribution in [2.45, 2.75) is 19.0 Å². The molecule has 68 valence electrons. The zero-order valence-electron chi connectivity index (χ0n) is 6.01. The number of azide groups is 1. The summed E-state index contributed by atoms with van der Waals surface area (Å²) >= 11 is 0. The number of Topliss-reactive ketones (excluding diaryl/α,β-unsaturated/α-hetero) is 1. The van der Waals surface area contributed by atoms with Crippen molar-refractivity contribution in [1.29, 1.82) is 0 Å². The van der Waals surface area contributed by atoms with Crippen LogP contribution in [-0.4, -0.2) is 18.5 Å². The Kier molecular flexibility index (Phi) is 4.14. The summed E-state index contributed by atoms with van der Waals surface area (Å²) in [5.41, 5.74) is 7.74. The lowest BCUT2D eigenvalue weighted by molar-refractivity contribution is -0.171. The molecule has 0 heterocycles. The standard InChI is InChI=1S/C5H6F3N3O/c6-5(7,8)4(12)2-1-3-10-11-9/h1-3H2. The molecule has 0 aliphatic rings. The number of rotatable bonds is 4. The van der Waals surface area contributed by atoms with Gasteiger partial charge in [-0.3, -0.25) is 4.79 Å². The Hall–Kier alpha value is -1.23. The van der Waals surface area contributed by atoms with Crippen LogP contribution in [-0.2, 0) is 4.79 Å². The zero-order chi connectivity index (χ0) is 9.61. The minimum Gasteiger partial charge on any atom is -0.290 e. The molecule has 0 aliphatic carbocycles. The van der Waals surface area contributed by atoms with E-state index in [0.29, 0.717) is 0 Å². The number of halogens is 3. The van der Waals surface area contributed by atoms with Gasteiger partial charge in [-0.1, -0.05) is 5.11 Å². The van der Waals surface area contributed by atoms with Gasteiger partial charge in [0.15, 0.2) is 0 Å². The van der Waals surface area contributed by atoms with Gasteiger partial charge in [-0.05, 0) is 12.0 Å². The molecule has 0 unspecified atom stereocenters. The van der Waals surface area contributed by atoms with Crippen molar-refractivity contribution in [3.8, 4) is 0 Å². The Bertz CT molecular complexity index is 206. The Morgan fingerprint density at radius 3 is 2.50 bits per heavy atom. The van der Waals surface area contributed by atoms with E-state index in [2.05, 4.69) is 10.0 Å². The third kappa shape index (κ3) is 4.56. The highest BCUT2D eigenvalue weighted by molar-refractivity contribution is 5.83. The number of carbonyl (C=O) groups is 1. The summed E-state index contributed by atoms with van der Waals surface area (Å²) in [6.45, 7) is -0.0850. The predicted octanol–water partition coefficient (Wildman–Crippen LogP) is 2.21. The number of ketones is 1. The van der Waals surface area contributed by atoms with Gasteiger partial charge in [0.05, 0.1) is 0 Å². The van der Waals surface area contributed by atoms with Gasteiger partial charge in [-0.15, -0.1) is 0 Å². The van der Waals surface area contributed by atoms with Crippen LogP contribution >= 0.6 is 0 Å². The van der Waals surface area contributed by atoms with Crippen LogP contribution in [0.3, 0.4) is 0 Å². The first-order valence-corrected chi connectivity index (χ1v) is 3.09. The quantitative estimate of drug-likeness (QED) is 0.283. The molecule has 0 fully saturated rings. The number of carbonyl (C=O) groups excluding carboxylic acids is 1. The number of nitrogens with zero attached hydrogens (tertiary/aromatic N) is 3. The highest BCUT2D eigenvalue weighted by Crippen LogP contribution is 2.18. The summed E-state index contributed by atoms with van der Waals surface area (Å²) in [5, 5.41) is 2.99. The molecule has 0 amide bonds. The topological polar surface area (TPSA) is 65.8 Å². The van der Waals surface area contributed by atoms with Crippen molar-refractivity contribution in [2.24, 2.45) is 5.11 Å². The first kappa shape index (κ1) is 10.8. The molecule has 0 aromatic rings. The largest absolute Gasteiger partial charge is 0.449 e. The average Bonchev–Trinajstić information content (AvgIpc) is 1.96. The number of hydrogen-bond acceptors (Lipinski definition) is 2. The maximum Gasteiger partial charge on any atom is 0.449 e. The molecule has 0 N–H and O–H groups in total. The number of alkyl halides is 3. The molecule has 0 saturated heterocycles. The Morgan fingerprint density at radius 1 is 1.50 bits per heavy atom. The molecule has 0 radical (unpaired) electrons. The van der Waals surface area contributed by atoms with Crippen LogP contribution in [0.1, 0.15) is 12.8 Å². The van der Waals surface area contributed by atoms with Gasteiger partial charge in [0, 0.05) is 17.9 Å². The second-order valence-corrected chi connectivity index (χ2v) is 1.98. The Labute approximate surface area is 66.0 Å². The van der Waals surface area contributed by atoms with E-state index in [9.17, 15) is 18.0 Å². The second kappa shape index (κ2) is 4.61. The maximum absolute atomic E-state index is 11.5. The first-order chi connectivity index (χ1) is 5.48. The fourth-order valence-corrected chi connectivity index (χ4v) is 0.497. The second-order valence-electron chi connectivity index (χ2n) is 1.98. The van der Waals surface area contributed by atoms with Crippen molar-refractivity contribution in [3.05, 3.63) is 10.4 Å².